The minimum Gasteiger partial charge on any atom is -0.325 e. The largest absolute Gasteiger partial charge is 0.325 e. The van der Waals surface area contributed by atoms with Gasteiger partial charge < -0.3 is 5.32 Å². The third-order valence-corrected chi connectivity index (χ3v) is 4.89. The first kappa shape index (κ1) is 18.9. The highest BCUT2D eigenvalue weighted by atomic mass is 32.2. The molecular weight excluding hydrogens is 403 g/mol. The fourth-order valence-corrected chi connectivity index (χ4v) is 3.43. The van der Waals surface area contributed by atoms with Gasteiger partial charge in [0.05, 0.1) is 23.0 Å². The summed E-state index contributed by atoms with van der Waals surface area (Å²) in [6.07, 6.45) is 2.90. The van der Waals surface area contributed by atoms with Gasteiger partial charge in [0.2, 0.25) is 5.91 Å². The predicted molar refractivity (Wildman–Crippen MR) is 102 cm³/mol. The van der Waals surface area contributed by atoms with Gasteiger partial charge in [-0.2, -0.15) is 5.10 Å². The van der Waals surface area contributed by atoms with Crippen LogP contribution in [0, 0.1) is 17.5 Å². The van der Waals surface area contributed by atoms with E-state index in [1.165, 1.54) is 23.1 Å². The quantitative estimate of drug-likeness (QED) is 0.395. The van der Waals surface area contributed by atoms with Crippen molar-refractivity contribution in [2.45, 2.75) is 5.03 Å². The molecule has 0 aliphatic heterocycles. The predicted octanol–water partition coefficient (Wildman–Crippen LogP) is 3.96. The van der Waals surface area contributed by atoms with Crippen molar-refractivity contribution in [3.8, 4) is 5.69 Å². The van der Waals surface area contributed by atoms with Gasteiger partial charge in [-0.3, -0.25) is 4.79 Å². The molecule has 0 bridgehead atoms. The number of hydrogen-bond donors (Lipinski definition) is 1. The molecule has 0 saturated heterocycles. The standard InChI is InChI=1S/C19H12F3N5OS/c20-11-1-3-15(4-2-11)27-18-16(8-25-27)19(24-10-23-18)29-9-17(28)26-14-6-12(21)5-13(22)7-14/h1-8,10H,9H2,(H,26,28). The number of rotatable bonds is 5. The number of nitrogens with one attached hydrogen (secondary N) is 1. The molecule has 0 unspecified atom stereocenters. The maximum absolute atomic E-state index is 13.2. The average Bonchev–Trinajstić information content (AvgIpc) is 3.11. The number of hydrogen-bond acceptors (Lipinski definition) is 5. The fourth-order valence-electron chi connectivity index (χ4n) is 2.67. The van der Waals surface area contributed by atoms with E-state index < -0.39 is 17.5 Å². The Hall–Kier alpha value is -3.40. The van der Waals surface area contributed by atoms with Crippen LogP contribution in [0.2, 0.25) is 0 Å². The summed E-state index contributed by atoms with van der Waals surface area (Å²) in [5.41, 5.74) is 1.16. The van der Waals surface area contributed by atoms with Crippen molar-refractivity contribution in [1.82, 2.24) is 19.7 Å². The molecule has 1 N–H and O–H groups in total. The average molecular weight is 415 g/mol. The van der Waals surface area contributed by atoms with Gasteiger partial charge in [0, 0.05) is 11.8 Å². The normalized spacial score (nSPS) is 11.0. The number of fused-ring (bicyclic) bond motifs is 1. The zero-order valence-corrected chi connectivity index (χ0v) is 15.5. The van der Waals surface area contributed by atoms with Crippen molar-refractivity contribution in [3.05, 3.63) is 72.4 Å². The number of carbonyl (C=O) groups excluding carboxylic acids is 1. The van der Waals surface area contributed by atoms with Gasteiger partial charge >= 0.3 is 0 Å². The molecule has 1 amide bonds. The van der Waals surface area contributed by atoms with Gasteiger partial charge in [0.15, 0.2) is 5.65 Å². The lowest BCUT2D eigenvalue weighted by Gasteiger charge is -2.06. The highest BCUT2D eigenvalue weighted by Crippen LogP contribution is 2.26. The van der Waals surface area contributed by atoms with Crippen LogP contribution < -0.4 is 5.32 Å². The Balaban J connectivity index is 1.51. The summed E-state index contributed by atoms with van der Waals surface area (Å²) in [6.45, 7) is 0. The minimum atomic E-state index is -0.779. The first-order valence-corrected chi connectivity index (χ1v) is 9.31. The molecule has 0 spiro atoms. The van der Waals surface area contributed by atoms with E-state index in [2.05, 4.69) is 20.4 Å². The molecule has 2 aromatic heterocycles. The summed E-state index contributed by atoms with van der Waals surface area (Å²) < 4.78 is 41.1. The zero-order valence-electron chi connectivity index (χ0n) is 14.6. The van der Waals surface area contributed by atoms with E-state index >= 15 is 0 Å². The molecule has 10 heteroatoms. The molecule has 0 radical (unpaired) electrons. The highest BCUT2D eigenvalue weighted by Gasteiger charge is 2.13. The number of benzene rings is 2. The van der Waals surface area contributed by atoms with Crippen LogP contribution in [-0.4, -0.2) is 31.4 Å². The van der Waals surface area contributed by atoms with Crippen molar-refractivity contribution in [3.63, 3.8) is 0 Å². The molecule has 0 aliphatic rings. The first-order chi connectivity index (χ1) is 14.0. The van der Waals surface area contributed by atoms with Crippen LogP contribution in [0.5, 0.6) is 0 Å². The number of carbonyl (C=O) groups is 1. The number of thioether (sulfide) groups is 1. The van der Waals surface area contributed by atoms with Gasteiger partial charge in [-0.05, 0) is 36.4 Å². The molecule has 4 aromatic rings. The molecule has 2 heterocycles. The van der Waals surface area contributed by atoms with Crippen LogP contribution in [0.4, 0.5) is 18.9 Å². The Kier molecular flexibility index (Phi) is 5.17. The number of aromatic nitrogens is 4. The van der Waals surface area contributed by atoms with E-state index in [4.69, 9.17) is 0 Å². The molecule has 4 rings (SSSR count). The van der Waals surface area contributed by atoms with Crippen molar-refractivity contribution in [2.75, 3.05) is 11.1 Å². The lowest BCUT2D eigenvalue weighted by atomic mass is 10.3. The smallest absolute Gasteiger partial charge is 0.234 e. The lowest BCUT2D eigenvalue weighted by molar-refractivity contribution is -0.113. The van der Waals surface area contributed by atoms with E-state index in [1.54, 1.807) is 18.3 Å². The van der Waals surface area contributed by atoms with E-state index in [-0.39, 0.29) is 17.3 Å². The van der Waals surface area contributed by atoms with Crippen LogP contribution in [-0.2, 0) is 4.79 Å². The van der Waals surface area contributed by atoms with Crippen LogP contribution in [0.15, 0.2) is 60.0 Å². The molecule has 0 atom stereocenters. The maximum Gasteiger partial charge on any atom is 0.234 e. The fraction of sp³-hybridized carbons (Fsp3) is 0.0526. The van der Waals surface area contributed by atoms with E-state index in [9.17, 15) is 18.0 Å². The van der Waals surface area contributed by atoms with Crippen molar-refractivity contribution in [1.29, 1.82) is 0 Å². The summed E-state index contributed by atoms with van der Waals surface area (Å²) in [5.74, 6) is -2.40. The molecule has 0 saturated carbocycles. The van der Waals surface area contributed by atoms with Crippen LogP contribution >= 0.6 is 11.8 Å². The Morgan fingerprint density at radius 3 is 2.45 bits per heavy atom. The topological polar surface area (TPSA) is 72.7 Å². The Morgan fingerprint density at radius 2 is 1.72 bits per heavy atom. The second-order valence-corrected chi connectivity index (χ2v) is 6.91. The van der Waals surface area contributed by atoms with E-state index in [0.717, 1.165) is 30.0 Å². The summed E-state index contributed by atoms with van der Waals surface area (Å²) >= 11 is 1.13. The molecular formula is C19H12F3N5OS. The molecule has 2 aromatic carbocycles. The molecule has 29 heavy (non-hydrogen) atoms. The molecule has 146 valence electrons. The summed E-state index contributed by atoms with van der Waals surface area (Å²) in [7, 11) is 0. The van der Waals surface area contributed by atoms with Crippen molar-refractivity contribution < 1.29 is 18.0 Å². The lowest BCUT2D eigenvalue weighted by Crippen LogP contribution is -2.14. The van der Waals surface area contributed by atoms with Gasteiger partial charge in [-0.15, -0.1) is 0 Å². The van der Waals surface area contributed by atoms with Crippen LogP contribution in [0.1, 0.15) is 0 Å². The molecule has 6 nitrogen and oxygen atoms in total. The zero-order chi connectivity index (χ0) is 20.4. The first-order valence-electron chi connectivity index (χ1n) is 8.33. The number of halogens is 3. The summed E-state index contributed by atoms with van der Waals surface area (Å²) in [6, 6.07) is 8.56. The van der Waals surface area contributed by atoms with Crippen molar-refractivity contribution in [2.24, 2.45) is 0 Å². The van der Waals surface area contributed by atoms with E-state index in [1.807, 2.05) is 0 Å². The Morgan fingerprint density at radius 1 is 1.00 bits per heavy atom. The Bertz CT molecular complexity index is 1180. The summed E-state index contributed by atoms with van der Waals surface area (Å²) in [4.78, 5) is 20.5. The monoisotopic (exact) mass is 415 g/mol. The highest BCUT2D eigenvalue weighted by molar-refractivity contribution is 8.00. The molecule has 0 fully saturated rings. The second kappa shape index (κ2) is 7.92. The second-order valence-electron chi connectivity index (χ2n) is 5.94. The third-order valence-electron chi connectivity index (χ3n) is 3.89. The van der Waals surface area contributed by atoms with Gasteiger partial charge in [0.25, 0.3) is 0 Å². The SMILES string of the molecule is O=C(CSc1ncnc2c1cnn2-c1ccc(F)cc1)Nc1cc(F)cc(F)c1. The number of nitrogens with zero attached hydrogens (tertiary/aromatic N) is 4. The van der Waals surface area contributed by atoms with Gasteiger partial charge in [-0.25, -0.2) is 27.8 Å². The molecule has 0 aliphatic carbocycles. The van der Waals surface area contributed by atoms with Crippen LogP contribution in [0.3, 0.4) is 0 Å². The van der Waals surface area contributed by atoms with Gasteiger partial charge in [-0.1, -0.05) is 11.8 Å². The summed E-state index contributed by atoms with van der Waals surface area (Å²) in [5, 5.41) is 7.84. The third kappa shape index (κ3) is 4.21. The minimum absolute atomic E-state index is 0.0325. The number of anilines is 1. The number of amides is 1. The van der Waals surface area contributed by atoms with Crippen LogP contribution in [0.25, 0.3) is 16.7 Å². The van der Waals surface area contributed by atoms with Crippen molar-refractivity contribution >= 4 is 34.4 Å². The van der Waals surface area contributed by atoms with E-state index in [0.29, 0.717) is 21.7 Å². The Labute approximate surface area is 166 Å². The van der Waals surface area contributed by atoms with Gasteiger partial charge in [0.1, 0.15) is 28.8 Å². The maximum atomic E-state index is 13.2.